The quantitative estimate of drug-likeness (QED) is 0.660. The Morgan fingerprint density at radius 1 is 1.14 bits per heavy atom. The van der Waals surface area contributed by atoms with Gasteiger partial charge in [-0.3, -0.25) is 0 Å². The van der Waals surface area contributed by atoms with E-state index >= 15 is 0 Å². The third kappa shape index (κ3) is 3.92. The van der Waals surface area contributed by atoms with Crippen LogP contribution in [0.5, 0.6) is 5.75 Å². The molecule has 0 aliphatic carbocycles. The first-order valence-electron chi connectivity index (χ1n) is 8.79. The maximum Gasteiger partial charge on any atom is 0.355 e. The minimum Gasteiger partial charge on any atom is -0.495 e. The fourth-order valence-electron chi connectivity index (χ4n) is 2.88. The van der Waals surface area contributed by atoms with Crippen LogP contribution in [-0.4, -0.2) is 56.8 Å². The van der Waals surface area contributed by atoms with Crippen molar-refractivity contribution in [1.82, 2.24) is 10.2 Å². The van der Waals surface area contributed by atoms with Gasteiger partial charge < -0.3 is 28.3 Å². The highest BCUT2D eigenvalue weighted by Gasteiger charge is 2.34. The number of benzene rings is 1. The van der Waals surface area contributed by atoms with Gasteiger partial charge in [0.15, 0.2) is 0 Å². The summed E-state index contributed by atoms with van der Waals surface area (Å²) in [6.07, 6.45) is 0.605. The SMILES string of the molecule is CCc1nnc(-c2ccc(OC)c(N3COCC(C(=O)OC)=C3C(=O)OC)c2)o1. The molecule has 3 rings (SSSR count). The van der Waals surface area contributed by atoms with Crippen LogP contribution in [0, 0.1) is 0 Å². The van der Waals surface area contributed by atoms with Gasteiger partial charge in [-0.2, -0.15) is 0 Å². The number of rotatable bonds is 6. The van der Waals surface area contributed by atoms with Crippen LogP contribution in [-0.2, 0) is 30.2 Å². The van der Waals surface area contributed by atoms with Crippen LogP contribution < -0.4 is 9.64 Å². The van der Waals surface area contributed by atoms with Gasteiger partial charge >= 0.3 is 11.9 Å². The number of nitrogens with zero attached hydrogens (tertiary/aromatic N) is 3. The van der Waals surface area contributed by atoms with Crippen molar-refractivity contribution in [2.24, 2.45) is 0 Å². The zero-order chi connectivity index (χ0) is 21.0. The Morgan fingerprint density at radius 3 is 2.52 bits per heavy atom. The van der Waals surface area contributed by atoms with Gasteiger partial charge in [-0.15, -0.1) is 10.2 Å². The van der Waals surface area contributed by atoms with E-state index in [4.69, 9.17) is 23.4 Å². The minimum atomic E-state index is -0.702. The molecule has 154 valence electrons. The number of carbonyl (C=O) groups excluding carboxylic acids is 2. The first-order valence-corrected chi connectivity index (χ1v) is 8.79. The second-order valence-corrected chi connectivity index (χ2v) is 5.96. The van der Waals surface area contributed by atoms with Crippen molar-refractivity contribution >= 4 is 17.6 Å². The molecule has 1 aliphatic heterocycles. The number of hydrogen-bond acceptors (Lipinski definition) is 10. The Bertz CT molecular complexity index is 951. The van der Waals surface area contributed by atoms with Gasteiger partial charge in [0, 0.05) is 12.0 Å². The molecule has 10 heteroatoms. The van der Waals surface area contributed by atoms with E-state index in [0.717, 1.165) is 0 Å². The van der Waals surface area contributed by atoms with Gasteiger partial charge in [-0.25, -0.2) is 9.59 Å². The normalized spacial score (nSPS) is 14.0. The van der Waals surface area contributed by atoms with Crippen molar-refractivity contribution in [3.8, 4) is 17.2 Å². The summed E-state index contributed by atoms with van der Waals surface area (Å²) in [5.74, 6) is -0.121. The largest absolute Gasteiger partial charge is 0.495 e. The Labute approximate surface area is 167 Å². The van der Waals surface area contributed by atoms with Crippen molar-refractivity contribution in [2.45, 2.75) is 13.3 Å². The maximum atomic E-state index is 12.5. The highest BCUT2D eigenvalue weighted by atomic mass is 16.5. The summed E-state index contributed by atoms with van der Waals surface area (Å²) in [4.78, 5) is 26.2. The number of aromatic nitrogens is 2. The minimum absolute atomic E-state index is 0.00517. The smallest absolute Gasteiger partial charge is 0.355 e. The number of anilines is 1. The summed E-state index contributed by atoms with van der Waals surface area (Å²) in [5.41, 5.74) is 1.13. The van der Waals surface area contributed by atoms with Crippen LogP contribution in [0.3, 0.4) is 0 Å². The molecule has 1 aromatic carbocycles. The van der Waals surface area contributed by atoms with E-state index in [1.165, 1.54) is 26.2 Å². The van der Waals surface area contributed by atoms with Gasteiger partial charge in [0.05, 0.1) is 39.2 Å². The van der Waals surface area contributed by atoms with Crippen LogP contribution in [0.1, 0.15) is 12.8 Å². The van der Waals surface area contributed by atoms with Crippen LogP contribution in [0.2, 0.25) is 0 Å². The molecule has 0 saturated heterocycles. The molecule has 2 aromatic rings. The van der Waals surface area contributed by atoms with Gasteiger partial charge in [0.2, 0.25) is 11.8 Å². The number of methoxy groups -OCH3 is 3. The molecule has 0 atom stereocenters. The lowest BCUT2D eigenvalue weighted by atomic mass is 10.1. The predicted octanol–water partition coefficient (Wildman–Crippen LogP) is 1.70. The summed E-state index contributed by atoms with van der Waals surface area (Å²) < 4.78 is 26.3. The van der Waals surface area contributed by atoms with Crippen molar-refractivity contribution in [2.75, 3.05) is 39.6 Å². The molecule has 0 unspecified atom stereocenters. The highest BCUT2D eigenvalue weighted by molar-refractivity contribution is 6.03. The second-order valence-electron chi connectivity index (χ2n) is 5.96. The standard InChI is InChI=1S/C19H21N3O7/c1-5-15-20-21-17(29-15)11-6-7-14(25-2)13(8-11)22-10-28-9-12(18(23)26-3)16(22)19(24)27-4/h6-8H,5,9-10H2,1-4H3. The summed E-state index contributed by atoms with van der Waals surface area (Å²) in [5, 5.41) is 8.01. The van der Waals surface area contributed by atoms with Crippen molar-refractivity contribution in [3.05, 3.63) is 35.4 Å². The lowest BCUT2D eigenvalue weighted by molar-refractivity contribution is -0.140. The molecule has 0 radical (unpaired) electrons. The van der Waals surface area contributed by atoms with Crippen LogP contribution in [0.25, 0.3) is 11.5 Å². The van der Waals surface area contributed by atoms with Crippen molar-refractivity contribution in [1.29, 1.82) is 0 Å². The fourth-order valence-corrected chi connectivity index (χ4v) is 2.88. The Kier molecular flexibility index (Phi) is 6.13. The Hall–Kier alpha value is -3.40. The lowest BCUT2D eigenvalue weighted by Crippen LogP contribution is -2.39. The first kappa shape index (κ1) is 20.3. The van der Waals surface area contributed by atoms with E-state index in [-0.39, 0.29) is 24.6 Å². The van der Waals surface area contributed by atoms with Crippen LogP contribution >= 0.6 is 0 Å². The number of hydrogen-bond donors (Lipinski definition) is 0. The third-order valence-electron chi connectivity index (χ3n) is 4.32. The van der Waals surface area contributed by atoms with Gasteiger partial charge in [0.25, 0.3) is 0 Å². The number of esters is 2. The molecule has 1 aliphatic rings. The topological polar surface area (TPSA) is 113 Å². The molecule has 0 saturated carbocycles. The second kappa shape index (κ2) is 8.74. The molecule has 1 aromatic heterocycles. The Morgan fingerprint density at radius 2 is 1.90 bits per heavy atom. The van der Waals surface area contributed by atoms with E-state index in [1.807, 2.05) is 6.92 Å². The summed E-state index contributed by atoms with van der Waals surface area (Å²) in [7, 11) is 3.95. The average molecular weight is 403 g/mol. The summed E-state index contributed by atoms with van der Waals surface area (Å²) in [6.45, 7) is 1.82. The summed E-state index contributed by atoms with van der Waals surface area (Å²) in [6, 6.07) is 5.16. The average Bonchev–Trinajstić information content (AvgIpc) is 3.26. The zero-order valence-electron chi connectivity index (χ0n) is 16.6. The maximum absolute atomic E-state index is 12.5. The van der Waals surface area contributed by atoms with E-state index in [1.54, 1.807) is 18.2 Å². The molecule has 10 nitrogen and oxygen atoms in total. The van der Waals surface area contributed by atoms with E-state index in [0.29, 0.717) is 35.2 Å². The number of aryl methyl sites for hydroxylation is 1. The molecule has 29 heavy (non-hydrogen) atoms. The Balaban J connectivity index is 2.14. The van der Waals surface area contributed by atoms with Crippen molar-refractivity contribution < 1.29 is 33.0 Å². The molecule has 0 N–H and O–H groups in total. The molecule has 0 bridgehead atoms. The van der Waals surface area contributed by atoms with E-state index in [2.05, 4.69) is 10.2 Å². The molecule has 2 heterocycles. The molecule has 0 amide bonds. The third-order valence-corrected chi connectivity index (χ3v) is 4.32. The van der Waals surface area contributed by atoms with E-state index < -0.39 is 11.9 Å². The van der Waals surface area contributed by atoms with Gasteiger partial charge in [-0.05, 0) is 18.2 Å². The van der Waals surface area contributed by atoms with Crippen LogP contribution in [0.4, 0.5) is 5.69 Å². The van der Waals surface area contributed by atoms with Gasteiger partial charge in [0.1, 0.15) is 18.2 Å². The lowest BCUT2D eigenvalue weighted by Gasteiger charge is -2.32. The molecule has 0 fully saturated rings. The number of carbonyl (C=O) groups is 2. The van der Waals surface area contributed by atoms with Gasteiger partial charge in [-0.1, -0.05) is 6.92 Å². The first-order chi connectivity index (χ1) is 14.0. The van der Waals surface area contributed by atoms with Crippen molar-refractivity contribution in [3.63, 3.8) is 0 Å². The molecular formula is C19H21N3O7. The predicted molar refractivity (Wildman–Crippen MR) is 100 cm³/mol. The monoisotopic (exact) mass is 403 g/mol. The molecule has 0 spiro atoms. The van der Waals surface area contributed by atoms with E-state index in [9.17, 15) is 9.59 Å². The highest BCUT2D eigenvalue weighted by Crippen LogP contribution is 2.37. The summed E-state index contributed by atoms with van der Waals surface area (Å²) >= 11 is 0. The fraction of sp³-hybridized carbons (Fsp3) is 0.368. The van der Waals surface area contributed by atoms with Crippen LogP contribution in [0.15, 0.2) is 33.9 Å². The molecular weight excluding hydrogens is 382 g/mol. The number of ether oxygens (including phenoxy) is 4. The zero-order valence-corrected chi connectivity index (χ0v) is 16.6.